The van der Waals surface area contributed by atoms with Gasteiger partial charge < -0.3 is 5.73 Å². The van der Waals surface area contributed by atoms with Gasteiger partial charge in [0.25, 0.3) is 0 Å². The highest BCUT2D eigenvalue weighted by Crippen LogP contribution is 2.23. The minimum absolute atomic E-state index is 0.229. The molecule has 0 saturated carbocycles. The summed E-state index contributed by atoms with van der Waals surface area (Å²) in [5, 5.41) is 0. The van der Waals surface area contributed by atoms with Crippen LogP contribution in [0, 0.1) is 5.82 Å². The summed E-state index contributed by atoms with van der Waals surface area (Å²) in [5.41, 5.74) is 6.57. The van der Waals surface area contributed by atoms with Gasteiger partial charge in [-0.1, -0.05) is 6.07 Å². The van der Waals surface area contributed by atoms with E-state index >= 15 is 0 Å². The van der Waals surface area contributed by atoms with Crippen LogP contribution in [0.15, 0.2) is 22.7 Å². The van der Waals surface area contributed by atoms with Crippen LogP contribution in [0.4, 0.5) is 4.39 Å². The standard InChI is InChI=1S/C11H16BrFN2/c1-8(15(2)6-5-14)9-3-4-11(13)10(12)7-9/h3-4,7-8H,5-6,14H2,1-2H3. The van der Waals surface area contributed by atoms with Crippen molar-refractivity contribution in [2.75, 3.05) is 20.1 Å². The van der Waals surface area contributed by atoms with Crippen LogP contribution in [0.3, 0.4) is 0 Å². The van der Waals surface area contributed by atoms with Gasteiger partial charge in [-0.3, -0.25) is 4.90 Å². The summed E-state index contributed by atoms with van der Waals surface area (Å²) in [7, 11) is 2.01. The van der Waals surface area contributed by atoms with Gasteiger partial charge in [-0.25, -0.2) is 4.39 Å². The Kier molecular flexibility index (Phi) is 4.70. The molecule has 15 heavy (non-hydrogen) atoms. The number of hydrogen-bond acceptors (Lipinski definition) is 2. The molecule has 0 heterocycles. The third-order valence-electron chi connectivity index (χ3n) is 2.57. The molecular formula is C11H16BrFN2. The third-order valence-corrected chi connectivity index (χ3v) is 3.18. The Morgan fingerprint density at radius 1 is 1.53 bits per heavy atom. The quantitative estimate of drug-likeness (QED) is 0.915. The molecular weight excluding hydrogens is 259 g/mol. The summed E-state index contributed by atoms with van der Waals surface area (Å²) in [4.78, 5) is 2.14. The van der Waals surface area contributed by atoms with Crippen LogP contribution in [-0.2, 0) is 0 Å². The predicted molar refractivity (Wildman–Crippen MR) is 64.2 cm³/mol. The molecule has 1 atom stereocenters. The lowest BCUT2D eigenvalue weighted by atomic mass is 10.1. The highest BCUT2D eigenvalue weighted by Gasteiger charge is 2.12. The van der Waals surface area contributed by atoms with Gasteiger partial charge in [-0.15, -0.1) is 0 Å². The number of nitrogens with two attached hydrogens (primary N) is 1. The molecule has 1 unspecified atom stereocenters. The van der Waals surface area contributed by atoms with Gasteiger partial charge in [0.05, 0.1) is 4.47 Å². The molecule has 0 bridgehead atoms. The first-order valence-corrected chi connectivity index (χ1v) is 5.70. The molecule has 0 aliphatic rings. The zero-order chi connectivity index (χ0) is 11.4. The Hall–Kier alpha value is -0.450. The van der Waals surface area contributed by atoms with E-state index in [0.29, 0.717) is 11.0 Å². The molecule has 4 heteroatoms. The molecule has 2 nitrogen and oxygen atoms in total. The van der Waals surface area contributed by atoms with Gasteiger partial charge in [0.2, 0.25) is 0 Å². The van der Waals surface area contributed by atoms with Crippen LogP contribution < -0.4 is 5.73 Å². The smallest absolute Gasteiger partial charge is 0.137 e. The van der Waals surface area contributed by atoms with Gasteiger partial charge in [-0.05, 0) is 47.6 Å². The Morgan fingerprint density at radius 2 is 2.20 bits per heavy atom. The van der Waals surface area contributed by atoms with Crippen molar-refractivity contribution in [2.24, 2.45) is 5.73 Å². The molecule has 0 aliphatic carbocycles. The van der Waals surface area contributed by atoms with Gasteiger partial charge in [-0.2, -0.15) is 0 Å². The SMILES string of the molecule is CC(c1ccc(F)c(Br)c1)N(C)CCN. The first kappa shape index (κ1) is 12.6. The molecule has 0 radical (unpaired) electrons. The molecule has 1 rings (SSSR count). The van der Waals surface area contributed by atoms with E-state index in [-0.39, 0.29) is 11.9 Å². The first-order chi connectivity index (χ1) is 7.06. The van der Waals surface area contributed by atoms with E-state index in [1.165, 1.54) is 6.07 Å². The highest BCUT2D eigenvalue weighted by molar-refractivity contribution is 9.10. The number of halogens is 2. The minimum atomic E-state index is -0.229. The van der Waals surface area contributed by atoms with Crippen LogP contribution in [0.2, 0.25) is 0 Å². The Labute approximate surface area is 98.4 Å². The monoisotopic (exact) mass is 274 g/mol. The molecule has 0 saturated heterocycles. The van der Waals surface area contributed by atoms with Crippen LogP contribution >= 0.6 is 15.9 Å². The topological polar surface area (TPSA) is 29.3 Å². The average Bonchev–Trinajstić information content (AvgIpc) is 2.21. The third kappa shape index (κ3) is 3.26. The maximum atomic E-state index is 13.0. The van der Waals surface area contributed by atoms with Crippen molar-refractivity contribution in [2.45, 2.75) is 13.0 Å². The lowest BCUT2D eigenvalue weighted by molar-refractivity contribution is 0.269. The van der Waals surface area contributed by atoms with E-state index < -0.39 is 0 Å². The Balaban J connectivity index is 2.81. The van der Waals surface area contributed by atoms with Crippen molar-refractivity contribution in [3.8, 4) is 0 Å². The van der Waals surface area contributed by atoms with Crippen molar-refractivity contribution in [3.05, 3.63) is 34.1 Å². The lowest BCUT2D eigenvalue weighted by Crippen LogP contribution is -2.28. The second-order valence-corrected chi connectivity index (χ2v) is 4.47. The molecule has 0 amide bonds. The Morgan fingerprint density at radius 3 is 2.73 bits per heavy atom. The van der Waals surface area contributed by atoms with Gasteiger partial charge in [0.15, 0.2) is 0 Å². The van der Waals surface area contributed by atoms with Gasteiger partial charge in [0, 0.05) is 19.1 Å². The predicted octanol–water partition coefficient (Wildman–Crippen LogP) is 2.54. The zero-order valence-corrected chi connectivity index (χ0v) is 10.6. The second-order valence-electron chi connectivity index (χ2n) is 3.62. The summed E-state index contributed by atoms with van der Waals surface area (Å²) in [6.45, 7) is 3.54. The molecule has 0 fully saturated rings. The largest absolute Gasteiger partial charge is 0.329 e. The molecule has 1 aromatic carbocycles. The van der Waals surface area contributed by atoms with Crippen molar-refractivity contribution < 1.29 is 4.39 Å². The maximum Gasteiger partial charge on any atom is 0.137 e. The van der Waals surface area contributed by atoms with E-state index in [9.17, 15) is 4.39 Å². The van der Waals surface area contributed by atoms with Gasteiger partial charge >= 0.3 is 0 Å². The number of likely N-dealkylation sites (N-methyl/N-ethyl adjacent to an activating group) is 1. The summed E-state index contributed by atoms with van der Waals surface area (Å²) in [6, 6.07) is 5.34. The van der Waals surface area contributed by atoms with E-state index in [1.54, 1.807) is 6.07 Å². The summed E-state index contributed by atoms with van der Waals surface area (Å²) in [5.74, 6) is -0.229. The minimum Gasteiger partial charge on any atom is -0.329 e. The van der Waals surface area contributed by atoms with E-state index in [4.69, 9.17) is 5.73 Å². The maximum absolute atomic E-state index is 13.0. The zero-order valence-electron chi connectivity index (χ0n) is 9.00. The Bertz CT molecular complexity index is 330. The number of rotatable bonds is 4. The van der Waals surface area contributed by atoms with Crippen molar-refractivity contribution in [1.82, 2.24) is 4.90 Å². The van der Waals surface area contributed by atoms with E-state index in [0.717, 1.165) is 12.1 Å². The molecule has 1 aromatic rings. The fourth-order valence-electron chi connectivity index (χ4n) is 1.42. The number of hydrogen-bond donors (Lipinski definition) is 1. The molecule has 0 spiro atoms. The van der Waals surface area contributed by atoms with Crippen molar-refractivity contribution in [1.29, 1.82) is 0 Å². The summed E-state index contributed by atoms with van der Waals surface area (Å²) < 4.78 is 13.5. The number of nitrogens with zero attached hydrogens (tertiary/aromatic N) is 1. The fraction of sp³-hybridized carbons (Fsp3) is 0.455. The molecule has 84 valence electrons. The van der Waals surface area contributed by atoms with Crippen molar-refractivity contribution >= 4 is 15.9 Å². The summed E-state index contributed by atoms with van der Waals surface area (Å²) in [6.07, 6.45) is 0. The second kappa shape index (κ2) is 5.58. The molecule has 0 aromatic heterocycles. The van der Waals surface area contributed by atoms with Crippen molar-refractivity contribution in [3.63, 3.8) is 0 Å². The first-order valence-electron chi connectivity index (χ1n) is 4.91. The highest BCUT2D eigenvalue weighted by atomic mass is 79.9. The average molecular weight is 275 g/mol. The molecule has 2 N–H and O–H groups in total. The van der Waals surface area contributed by atoms with Crippen LogP contribution in [0.5, 0.6) is 0 Å². The van der Waals surface area contributed by atoms with E-state index in [2.05, 4.69) is 27.8 Å². The number of benzene rings is 1. The fourth-order valence-corrected chi connectivity index (χ4v) is 1.82. The normalized spacial score (nSPS) is 13.2. The van der Waals surface area contributed by atoms with Crippen LogP contribution in [0.1, 0.15) is 18.5 Å². The lowest BCUT2D eigenvalue weighted by Gasteiger charge is -2.24. The van der Waals surface area contributed by atoms with E-state index in [1.807, 2.05) is 13.1 Å². The molecule has 0 aliphatic heterocycles. The summed E-state index contributed by atoms with van der Waals surface area (Å²) >= 11 is 3.18. The van der Waals surface area contributed by atoms with Gasteiger partial charge in [0.1, 0.15) is 5.82 Å². The van der Waals surface area contributed by atoms with Crippen LogP contribution in [-0.4, -0.2) is 25.0 Å². The van der Waals surface area contributed by atoms with Crippen LogP contribution in [0.25, 0.3) is 0 Å².